The van der Waals surface area contributed by atoms with E-state index in [4.69, 9.17) is 0 Å². The number of nitrogens with one attached hydrogen (secondary N) is 2. The molecule has 0 aliphatic rings. The number of aliphatic carboxylic acids is 1. The number of benzene rings is 1. The number of carboxylic acids is 1. The van der Waals surface area contributed by atoms with Crippen LogP contribution >= 0.6 is 0 Å². The maximum atomic E-state index is 12.2. The number of carboxylic acid groups (broad SMARTS) is 1. The van der Waals surface area contributed by atoms with Crippen molar-refractivity contribution in [2.75, 3.05) is 0 Å². The number of unbranched alkanes of at least 4 members (excludes halogenated alkanes) is 10. The molecule has 5 heteroatoms. The highest BCUT2D eigenvalue weighted by Crippen LogP contribution is 2.19. The number of carbonyl (C=O) groups is 2. The van der Waals surface area contributed by atoms with Crippen molar-refractivity contribution in [3.05, 3.63) is 36.0 Å². The monoisotopic (exact) mass is 414 g/mol. The van der Waals surface area contributed by atoms with Gasteiger partial charge in [0.05, 0.1) is 0 Å². The van der Waals surface area contributed by atoms with Gasteiger partial charge in [0.2, 0.25) is 5.91 Å². The second kappa shape index (κ2) is 13.8. The molecule has 1 heterocycles. The summed E-state index contributed by atoms with van der Waals surface area (Å²) in [6.45, 7) is 2.24. The Bertz CT molecular complexity index is 769. The summed E-state index contributed by atoms with van der Waals surface area (Å²) >= 11 is 0. The number of hydrogen-bond acceptors (Lipinski definition) is 2. The van der Waals surface area contributed by atoms with Crippen LogP contribution in [0.5, 0.6) is 0 Å². The van der Waals surface area contributed by atoms with Crippen LogP contribution in [0.4, 0.5) is 0 Å². The molecular weight excluding hydrogens is 376 g/mol. The van der Waals surface area contributed by atoms with Gasteiger partial charge in [-0.3, -0.25) is 4.79 Å². The zero-order valence-corrected chi connectivity index (χ0v) is 18.4. The molecule has 0 spiro atoms. The summed E-state index contributed by atoms with van der Waals surface area (Å²) in [6.07, 6.45) is 16.1. The zero-order chi connectivity index (χ0) is 21.6. The summed E-state index contributed by atoms with van der Waals surface area (Å²) in [5.74, 6) is -1.16. The lowest BCUT2D eigenvalue weighted by molar-refractivity contribution is -0.141. The first-order chi connectivity index (χ1) is 14.6. The number of para-hydroxylation sites is 1. The fraction of sp³-hybridized carbons (Fsp3) is 0.600. The van der Waals surface area contributed by atoms with Gasteiger partial charge in [0.1, 0.15) is 6.04 Å². The lowest BCUT2D eigenvalue weighted by atomic mass is 10.0. The van der Waals surface area contributed by atoms with Gasteiger partial charge in [-0.05, 0) is 18.1 Å². The fourth-order valence-electron chi connectivity index (χ4n) is 3.94. The van der Waals surface area contributed by atoms with E-state index in [2.05, 4.69) is 17.2 Å². The Labute approximate surface area is 180 Å². The largest absolute Gasteiger partial charge is 0.480 e. The molecule has 5 nitrogen and oxygen atoms in total. The molecule has 1 unspecified atom stereocenters. The van der Waals surface area contributed by atoms with E-state index in [0.29, 0.717) is 6.42 Å². The van der Waals surface area contributed by atoms with Crippen molar-refractivity contribution in [2.45, 2.75) is 96.4 Å². The summed E-state index contributed by atoms with van der Waals surface area (Å²) in [5.41, 5.74) is 1.89. The molecule has 0 radical (unpaired) electrons. The van der Waals surface area contributed by atoms with Gasteiger partial charge in [0.15, 0.2) is 0 Å². The van der Waals surface area contributed by atoms with E-state index < -0.39 is 12.0 Å². The topological polar surface area (TPSA) is 82.2 Å². The molecule has 0 saturated carbocycles. The minimum Gasteiger partial charge on any atom is -0.480 e. The Morgan fingerprint density at radius 1 is 0.933 bits per heavy atom. The van der Waals surface area contributed by atoms with Gasteiger partial charge in [-0.2, -0.15) is 0 Å². The van der Waals surface area contributed by atoms with Crippen LogP contribution < -0.4 is 5.32 Å². The molecule has 1 aromatic carbocycles. The summed E-state index contributed by atoms with van der Waals surface area (Å²) in [7, 11) is 0. The number of H-pyrrole nitrogens is 1. The van der Waals surface area contributed by atoms with Gasteiger partial charge < -0.3 is 15.4 Å². The second-order valence-corrected chi connectivity index (χ2v) is 8.31. The summed E-state index contributed by atoms with van der Waals surface area (Å²) in [5, 5.41) is 13.2. The Morgan fingerprint density at radius 2 is 1.53 bits per heavy atom. The van der Waals surface area contributed by atoms with Crippen LogP contribution in [-0.2, 0) is 16.0 Å². The van der Waals surface area contributed by atoms with Crippen molar-refractivity contribution in [3.8, 4) is 0 Å². The average Bonchev–Trinajstić information content (AvgIpc) is 3.14. The van der Waals surface area contributed by atoms with Crippen molar-refractivity contribution < 1.29 is 14.7 Å². The third kappa shape index (κ3) is 8.60. The van der Waals surface area contributed by atoms with Crippen molar-refractivity contribution in [3.63, 3.8) is 0 Å². The lowest BCUT2D eigenvalue weighted by Crippen LogP contribution is -2.42. The van der Waals surface area contributed by atoms with E-state index in [9.17, 15) is 14.7 Å². The van der Waals surface area contributed by atoms with Crippen molar-refractivity contribution >= 4 is 22.8 Å². The normalized spacial score (nSPS) is 12.2. The first-order valence-corrected chi connectivity index (χ1v) is 11.7. The molecule has 0 aliphatic heterocycles. The van der Waals surface area contributed by atoms with Crippen LogP contribution in [0.3, 0.4) is 0 Å². The van der Waals surface area contributed by atoms with Crippen LogP contribution in [0.15, 0.2) is 30.5 Å². The Hall–Kier alpha value is -2.30. The van der Waals surface area contributed by atoms with Crippen LogP contribution in [-0.4, -0.2) is 28.0 Å². The first-order valence-electron chi connectivity index (χ1n) is 11.7. The van der Waals surface area contributed by atoms with E-state index in [1.54, 1.807) is 0 Å². The van der Waals surface area contributed by atoms with Crippen LogP contribution in [0.2, 0.25) is 0 Å². The molecule has 166 valence electrons. The Morgan fingerprint density at radius 3 is 2.17 bits per heavy atom. The number of rotatable bonds is 16. The quantitative estimate of drug-likeness (QED) is 0.295. The van der Waals surface area contributed by atoms with E-state index in [-0.39, 0.29) is 12.3 Å². The lowest BCUT2D eigenvalue weighted by Gasteiger charge is -2.14. The van der Waals surface area contributed by atoms with Crippen molar-refractivity contribution in [1.82, 2.24) is 10.3 Å². The summed E-state index contributed by atoms with van der Waals surface area (Å²) < 4.78 is 0. The predicted octanol–water partition coefficient (Wildman–Crippen LogP) is 5.98. The molecule has 1 aromatic heterocycles. The minimum absolute atomic E-state index is 0.168. The van der Waals surface area contributed by atoms with Gasteiger partial charge in [-0.15, -0.1) is 0 Å². The molecule has 0 fully saturated rings. The molecule has 3 N–H and O–H groups in total. The molecule has 0 aliphatic carbocycles. The van der Waals surface area contributed by atoms with E-state index in [1.807, 2.05) is 30.5 Å². The first kappa shape index (κ1) is 24.0. The Balaban J connectivity index is 1.61. The van der Waals surface area contributed by atoms with Gasteiger partial charge in [-0.25, -0.2) is 4.79 Å². The highest BCUT2D eigenvalue weighted by Gasteiger charge is 2.21. The SMILES string of the molecule is CCCCCCCCCCCCCC(=O)NC(Cc1c[nH]c2ccccc12)C(=O)O. The molecule has 0 saturated heterocycles. The van der Waals surface area contributed by atoms with Gasteiger partial charge in [0, 0.05) is 29.9 Å². The molecule has 2 aromatic rings. The fourth-order valence-corrected chi connectivity index (χ4v) is 3.94. The number of hydrogen-bond donors (Lipinski definition) is 3. The average molecular weight is 415 g/mol. The zero-order valence-electron chi connectivity index (χ0n) is 18.4. The van der Waals surface area contributed by atoms with Crippen molar-refractivity contribution in [2.24, 2.45) is 0 Å². The highest BCUT2D eigenvalue weighted by molar-refractivity contribution is 5.86. The standard InChI is InChI=1S/C25H38N2O3/c1-2-3-4-5-6-7-8-9-10-11-12-17-24(28)27-23(25(29)30)18-20-19-26-22-16-14-13-15-21(20)22/h13-16,19,23,26H,2-12,17-18H2,1H3,(H,27,28)(H,29,30). The van der Waals surface area contributed by atoms with Crippen LogP contribution in [0.1, 0.15) is 89.5 Å². The molecule has 0 bridgehead atoms. The summed E-state index contributed by atoms with van der Waals surface area (Å²) in [4.78, 5) is 27.0. The number of fused-ring (bicyclic) bond motifs is 1. The minimum atomic E-state index is -0.993. The molecule has 1 amide bonds. The maximum absolute atomic E-state index is 12.2. The van der Waals surface area contributed by atoms with Gasteiger partial charge >= 0.3 is 5.97 Å². The summed E-state index contributed by atoms with van der Waals surface area (Å²) in [6, 6.07) is 6.89. The third-order valence-electron chi connectivity index (χ3n) is 5.74. The van der Waals surface area contributed by atoms with Crippen LogP contribution in [0, 0.1) is 0 Å². The van der Waals surface area contributed by atoms with Gasteiger partial charge in [0.25, 0.3) is 0 Å². The third-order valence-corrected chi connectivity index (χ3v) is 5.74. The molecule has 1 atom stereocenters. The predicted molar refractivity (Wildman–Crippen MR) is 123 cm³/mol. The van der Waals surface area contributed by atoms with E-state index >= 15 is 0 Å². The number of aromatic amines is 1. The smallest absolute Gasteiger partial charge is 0.326 e. The van der Waals surface area contributed by atoms with E-state index in [1.165, 1.54) is 51.4 Å². The van der Waals surface area contributed by atoms with E-state index in [0.717, 1.165) is 35.7 Å². The molecular formula is C25H38N2O3. The van der Waals surface area contributed by atoms with Crippen LogP contribution in [0.25, 0.3) is 10.9 Å². The van der Waals surface area contributed by atoms with Crippen molar-refractivity contribution in [1.29, 1.82) is 0 Å². The van der Waals surface area contributed by atoms with Gasteiger partial charge in [-0.1, -0.05) is 89.3 Å². The second-order valence-electron chi connectivity index (χ2n) is 8.31. The number of amides is 1. The highest BCUT2D eigenvalue weighted by atomic mass is 16.4. The maximum Gasteiger partial charge on any atom is 0.326 e. The molecule has 30 heavy (non-hydrogen) atoms. The Kier molecular flexibility index (Phi) is 11.1. The molecule has 2 rings (SSSR count). The number of aromatic nitrogens is 1. The number of carbonyl (C=O) groups excluding carboxylic acids is 1.